The van der Waals surface area contributed by atoms with Gasteiger partial charge in [0.05, 0.1) is 19.3 Å². The van der Waals surface area contributed by atoms with Crippen LogP contribution in [0, 0.1) is 0 Å². The number of aromatic amines is 1. The third kappa shape index (κ3) is 3.17. The van der Waals surface area contributed by atoms with Crippen molar-refractivity contribution in [1.82, 2.24) is 20.4 Å². The Labute approximate surface area is 123 Å². The minimum atomic E-state index is -0.504. The van der Waals surface area contributed by atoms with Crippen LogP contribution in [-0.4, -0.2) is 52.3 Å². The van der Waals surface area contributed by atoms with Crippen LogP contribution in [-0.2, 0) is 16.0 Å². The van der Waals surface area contributed by atoms with Crippen LogP contribution in [0.4, 0.5) is 4.79 Å². The Bertz CT molecular complexity index is 516. The highest BCUT2D eigenvalue weighted by Crippen LogP contribution is 2.28. The zero-order valence-corrected chi connectivity index (χ0v) is 11.9. The molecule has 0 saturated carbocycles. The van der Waals surface area contributed by atoms with Gasteiger partial charge in [-0.25, -0.2) is 4.79 Å². The number of carbonyl (C=O) groups is 2. The maximum atomic E-state index is 12.3. The van der Waals surface area contributed by atoms with Crippen LogP contribution >= 0.6 is 0 Å². The molecule has 7 heteroatoms. The van der Waals surface area contributed by atoms with Gasteiger partial charge >= 0.3 is 6.09 Å². The van der Waals surface area contributed by atoms with E-state index in [1.807, 2.05) is 11.1 Å². The highest BCUT2D eigenvalue weighted by atomic mass is 16.6. The fraction of sp³-hybridized carbons (Fsp3) is 0.643. The quantitative estimate of drug-likeness (QED) is 0.860. The number of aryl methyl sites for hydroxylation is 1. The first-order valence-corrected chi connectivity index (χ1v) is 7.39. The molecule has 2 aliphatic rings. The molecule has 1 aromatic heterocycles. The number of ether oxygens (including phenoxy) is 1. The molecule has 2 amide bonds. The van der Waals surface area contributed by atoms with Crippen LogP contribution in [0.1, 0.15) is 31.2 Å². The Balaban J connectivity index is 1.49. The molecular weight excluding hydrogens is 272 g/mol. The molecule has 2 aliphatic heterocycles. The molecule has 3 heterocycles. The van der Waals surface area contributed by atoms with Crippen LogP contribution in [0.2, 0.25) is 0 Å². The lowest BCUT2D eigenvalue weighted by Gasteiger charge is -2.38. The van der Waals surface area contributed by atoms with Gasteiger partial charge in [-0.1, -0.05) is 0 Å². The van der Waals surface area contributed by atoms with Crippen molar-refractivity contribution in [2.75, 3.05) is 19.6 Å². The minimum absolute atomic E-state index is 0.139. The molecule has 0 radical (unpaired) electrons. The fourth-order valence-corrected chi connectivity index (χ4v) is 3.06. The number of likely N-dealkylation sites (tertiary alicyclic amines) is 1. The number of alkyl carbamates (subject to hydrolysis) is 1. The number of hydrogen-bond acceptors (Lipinski definition) is 4. The molecule has 2 N–H and O–H groups in total. The first kappa shape index (κ1) is 13.9. The third-order valence-corrected chi connectivity index (χ3v) is 4.17. The average Bonchev–Trinajstić information content (AvgIpc) is 3.10. The second-order valence-electron chi connectivity index (χ2n) is 5.81. The van der Waals surface area contributed by atoms with Gasteiger partial charge in [-0.3, -0.25) is 9.89 Å². The fourth-order valence-electron chi connectivity index (χ4n) is 3.06. The summed E-state index contributed by atoms with van der Waals surface area (Å²) in [6.07, 6.45) is 7.13. The van der Waals surface area contributed by atoms with E-state index in [4.69, 9.17) is 4.74 Å². The molecule has 1 spiro atoms. The topological polar surface area (TPSA) is 87.3 Å². The van der Waals surface area contributed by atoms with E-state index in [1.165, 1.54) is 0 Å². The SMILES string of the molecule is O=C1NC[C@@]2(CCCN(C(=O)CCCc3cn[nH]c3)C2)O1. The molecule has 0 aromatic carbocycles. The van der Waals surface area contributed by atoms with Crippen molar-refractivity contribution in [3.05, 3.63) is 18.0 Å². The van der Waals surface area contributed by atoms with Gasteiger partial charge < -0.3 is 15.0 Å². The summed E-state index contributed by atoms with van der Waals surface area (Å²) in [5.41, 5.74) is 0.613. The Morgan fingerprint density at radius 1 is 1.52 bits per heavy atom. The largest absolute Gasteiger partial charge is 0.439 e. The molecule has 114 valence electrons. The van der Waals surface area contributed by atoms with Crippen LogP contribution in [0.25, 0.3) is 0 Å². The van der Waals surface area contributed by atoms with E-state index in [9.17, 15) is 9.59 Å². The van der Waals surface area contributed by atoms with Gasteiger partial charge in [0.15, 0.2) is 0 Å². The molecular formula is C14H20N4O3. The van der Waals surface area contributed by atoms with Crippen molar-refractivity contribution >= 4 is 12.0 Å². The van der Waals surface area contributed by atoms with Crippen LogP contribution in [0.3, 0.4) is 0 Å². The van der Waals surface area contributed by atoms with E-state index < -0.39 is 5.60 Å². The predicted octanol–water partition coefficient (Wildman–Crippen LogP) is 0.833. The molecule has 0 bridgehead atoms. The van der Waals surface area contributed by atoms with Gasteiger partial charge in [-0.05, 0) is 31.2 Å². The van der Waals surface area contributed by atoms with Gasteiger partial charge in [-0.2, -0.15) is 5.10 Å². The lowest BCUT2D eigenvalue weighted by atomic mass is 9.92. The number of hydrogen-bond donors (Lipinski definition) is 2. The smallest absolute Gasteiger partial charge is 0.407 e. The van der Waals surface area contributed by atoms with Crippen molar-refractivity contribution in [3.63, 3.8) is 0 Å². The Morgan fingerprint density at radius 2 is 2.43 bits per heavy atom. The summed E-state index contributed by atoms with van der Waals surface area (Å²) < 4.78 is 5.38. The number of amides is 2. The monoisotopic (exact) mass is 292 g/mol. The van der Waals surface area contributed by atoms with E-state index >= 15 is 0 Å². The average molecular weight is 292 g/mol. The van der Waals surface area contributed by atoms with E-state index in [2.05, 4.69) is 15.5 Å². The summed E-state index contributed by atoms with van der Waals surface area (Å²) in [7, 11) is 0. The zero-order valence-electron chi connectivity index (χ0n) is 11.9. The Kier molecular flexibility index (Phi) is 3.81. The van der Waals surface area contributed by atoms with E-state index in [0.29, 0.717) is 19.5 Å². The van der Waals surface area contributed by atoms with Gasteiger partial charge in [0.25, 0.3) is 0 Å². The van der Waals surface area contributed by atoms with Crippen molar-refractivity contribution in [2.45, 2.75) is 37.7 Å². The number of carbonyl (C=O) groups excluding carboxylic acids is 2. The third-order valence-electron chi connectivity index (χ3n) is 4.17. The standard InChI is InChI=1S/C14H20N4O3/c19-12(4-1-3-11-7-16-17-8-11)18-6-2-5-14(10-18)9-15-13(20)21-14/h7-8H,1-6,9-10H2,(H,15,20)(H,16,17)/t14-/m1/s1. The molecule has 21 heavy (non-hydrogen) atoms. The summed E-state index contributed by atoms with van der Waals surface area (Å²) >= 11 is 0. The molecule has 7 nitrogen and oxygen atoms in total. The van der Waals surface area contributed by atoms with E-state index in [1.54, 1.807) is 6.20 Å². The predicted molar refractivity (Wildman–Crippen MR) is 74.6 cm³/mol. The summed E-state index contributed by atoms with van der Waals surface area (Å²) in [5, 5.41) is 9.35. The van der Waals surface area contributed by atoms with E-state index in [-0.39, 0.29) is 12.0 Å². The van der Waals surface area contributed by atoms with Crippen molar-refractivity contribution in [2.24, 2.45) is 0 Å². The molecule has 1 aromatic rings. The molecule has 3 rings (SSSR count). The number of rotatable bonds is 4. The maximum Gasteiger partial charge on any atom is 0.407 e. The number of nitrogens with one attached hydrogen (secondary N) is 2. The number of aromatic nitrogens is 2. The normalized spacial score (nSPS) is 25.0. The lowest BCUT2D eigenvalue weighted by molar-refractivity contribution is -0.136. The second-order valence-corrected chi connectivity index (χ2v) is 5.81. The highest BCUT2D eigenvalue weighted by Gasteiger charge is 2.44. The van der Waals surface area contributed by atoms with Gasteiger partial charge in [0.2, 0.25) is 5.91 Å². The molecule has 0 unspecified atom stereocenters. The van der Waals surface area contributed by atoms with Crippen LogP contribution in [0.15, 0.2) is 12.4 Å². The van der Waals surface area contributed by atoms with E-state index in [0.717, 1.165) is 37.8 Å². The van der Waals surface area contributed by atoms with Crippen LogP contribution < -0.4 is 5.32 Å². The van der Waals surface area contributed by atoms with Crippen LogP contribution in [0.5, 0.6) is 0 Å². The summed E-state index contributed by atoms with van der Waals surface area (Å²) in [6, 6.07) is 0. The number of piperidine rings is 1. The zero-order chi connectivity index (χ0) is 14.7. The van der Waals surface area contributed by atoms with Crippen molar-refractivity contribution < 1.29 is 14.3 Å². The van der Waals surface area contributed by atoms with Crippen molar-refractivity contribution in [1.29, 1.82) is 0 Å². The summed E-state index contributed by atoms with van der Waals surface area (Å²) in [4.78, 5) is 25.4. The summed E-state index contributed by atoms with van der Waals surface area (Å²) in [5.74, 6) is 0.139. The second kappa shape index (κ2) is 5.75. The number of H-pyrrole nitrogens is 1. The van der Waals surface area contributed by atoms with Gasteiger partial charge in [0.1, 0.15) is 5.60 Å². The number of nitrogens with zero attached hydrogens (tertiary/aromatic N) is 2. The highest BCUT2D eigenvalue weighted by molar-refractivity contribution is 5.77. The maximum absolute atomic E-state index is 12.3. The molecule has 0 aliphatic carbocycles. The first-order valence-electron chi connectivity index (χ1n) is 7.39. The summed E-state index contributed by atoms with van der Waals surface area (Å²) in [6.45, 7) is 1.77. The Hall–Kier alpha value is -2.05. The lowest BCUT2D eigenvalue weighted by Crippen LogP contribution is -2.52. The Morgan fingerprint density at radius 3 is 3.14 bits per heavy atom. The molecule has 2 fully saturated rings. The first-order chi connectivity index (χ1) is 10.2. The molecule has 2 saturated heterocycles. The minimum Gasteiger partial charge on any atom is -0.439 e. The van der Waals surface area contributed by atoms with Gasteiger partial charge in [0, 0.05) is 19.2 Å². The molecule has 1 atom stereocenters. The van der Waals surface area contributed by atoms with Gasteiger partial charge in [-0.15, -0.1) is 0 Å². The van der Waals surface area contributed by atoms with Crippen molar-refractivity contribution in [3.8, 4) is 0 Å².